The van der Waals surface area contributed by atoms with Crippen LogP contribution in [0.15, 0.2) is 33.9 Å². The molecule has 0 N–H and O–H groups in total. The van der Waals surface area contributed by atoms with Gasteiger partial charge in [-0.05, 0) is 32.9 Å². The molecule has 0 unspecified atom stereocenters. The van der Waals surface area contributed by atoms with Crippen LogP contribution in [-0.4, -0.2) is 18.1 Å². The molecule has 0 saturated carbocycles. The van der Waals surface area contributed by atoms with Crippen LogP contribution in [0.2, 0.25) is 0 Å². The third kappa shape index (κ3) is 1.61. The second-order valence-electron chi connectivity index (χ2n) is 4.60. The lowest BCUT2D eigenvalue weighted by atomic mass is 10.3. The lowest BCUT2D eigenvalue weighted by molar-refractivity contribution is 0.559. The summed E-state index contributed by atoms with van der Waals surface area (Å²) >= 11 is 0. The Hall–Kier alpha value is -1.36. The molecular weight excluding hydrogens is 226 g/mol. The van der Waals surface area contributed by atoms with Crippen molar-refractivity contribution in [1.82, 2.24) is 4.98 Å². The third-order valence-electron chi connectivity index (χ3n) is 2.40. The molecule has 0 spiro atoms. The van der Waals surface area contributed by atoms with Gasteiger partial charge >= 0.3 is 0 Å². The zero-order valence-corrected chi connectivity index (χ0v) is 10.2. The summed E-state index contributed by atoms with van der Waals surface area (Å²) < 4.78 is 28.5. The van der Waals surface area contributed by atoms with E-state index >= 15 is 0 Å². The molecule has 2 aromatic rings. The SMILES string of the molecule is CC(C)(C)S(=O)(=O)c1cnc2occc2c1. The topological polar surface area (TPSA) is 60.2 Å². The summed E-state index contributed by atoms with van der Waals surface area (Å²) in [4.78, 5) is 4.21. The molecule has 0 bridgehead atoms. The average Bonchev–Trinajstić information content (AvgIpc) is 2.61. The number of rotatable bonds is 1. The standard InChI is InChI=1S/C11H13NO3S/c1-11(2,3)16(13,14)9-6-8-4-5-15-10(8)12-7-9/h4-7H,1-3H3. The average molecular weight is 239 g/mol. The fourth-order valence-electron chi connectivity index (χ4n) is 1.34. The van der Waals surface area contributed by atoms with Gasteiger partial charge in [0.05, 0.1) is 15.9 Å². The molecule has 2 rings (SSSR count). The number of pyridine rings is 1. The van der Waals surface area contributed by atoms with Gasteiger partial charge in [0.1, 0.15) is 0 Å². The van der Waals surface area contributed by atoms with Gasteiger partial charge in [-0.3, -0.25) is 0 Å². The first-order valence-corrected chi connectivity index (χ1v) is 6.38. The smallest absolute Gasteiger partial charge is 0.225 e. The van der Waals surface area contributed by atoms with Crippen molar-refractivity contribution in [2.75, 3.05) is 0 Å². The largest absolute Gasteiger partial charge is 0.446 e. The Morgan fingerprint density at radius 1 is 1.31 bits per heavy atom. The van der Waals surface area contributed by atoms with E-state index in [1.54, 1.807) is 32.9 Å². The lowest BCUT2D eigenvalue weighted by Gasteiger charge is -2.18. The second kappa shape index (κ2) is 3.31. The van der Waals surface area contributed by atoms with Crippen molar-refractivity contribution in [2.24, 2.45) is 0 Å². The number of aromatic nitrogens is 1. The maximum Gasteiger partial charge on any atom is 0.225 e. The van der Waals surface area contributed by atoms with Gasteiger partial charge in [-0.2, -0.15) is 0 Å². The Labute approximate surface area is 94.2 Å². The molecule has 16 heavy (non-hydrogen) atoms. The Bertz CT molecular complexity index is 620. The predicted molar refractivity (Wildman–Crippen MR) is 60.9 cm³/mol. The molecule has 4 nitrogen and oxygen atoms in total. The first-order valence-electron chi connectivity index (χ1n) is 4.90. The fraction of sp³-hybridized carbons (Fsp3) is 0.364. The van der Waals surface area contributed by atoms with Crippen molar-refractivity contribution in [2.45, 2.75) is 30.4 Å². The summed E-state index contributed by atoms with van der Waals surface area (Å²) in [7, 11) is -3.35. The van der Waals surface area contributed by atoms with Crippen LogP contribution in [0, 0.1) is 0 Å². The second-order valence-corrected chi connectivity index (χ2v) is 7.30. The normalized spacial score (nSPS) is 13.2. The number of hydrogen-bond donors (Lipinski definition) is 0. The molecule has 86 valence electrons. The van der Waals surface area contributed by atoms with E-state index in [0.717, 1.165) is 0 Å². The summed E-state index contributed by atoms with van der Waals surface area (Å²) in [5, 5.41) is 0.699. The van der Waals surface area contributed by atoms with E-state index < -0.39 is 14.6 Å². The monoisotopic (exact) mass is 239 g/mol. The Morgan fingerprint density at radius 3 is 2.62 bits per heavy atom. The molecule has 0 radical (unpaired) electrons. The van der Waals surface area contributed by atoms with E-state index in [1.165, 1.54) is 12.5 Å². The molecule has 0 amide bonds. The number of nitrogens with zero attached hydrogens (tertiary/aromatic N) is 1. The molecule has 5 heteroatoms. The lowest BCUT2D eigenvalue weighted by Crippen LogP contribution is -2.27. The van der Waals surface area contributed by atoms with Crippen LogP contribution in [0.25, 0.3) is 11.1 Å². The minimum Gasteiger partial charge on any atom is -0.446 e. The van der Waals surface area contributed by atoms with Gasteiger partial charge in [-0.25, -0.2) is 13.4 Å². The first-order chi connectivity index (χ1) is 7.32. The van der Waals surface area contributed by atoms with E-state index in [2.05, 4.69) is 4.98 Å². The summed E-state index contributed by atoms with van der Waals surface area (Å²) in [6.07, 6.45) is 2.83. The van der Waals surface area contributed by atoms with Gasteiger partial charge in [0.15, 0.2) is 9.84 Å². The first kappa shape index (κ1) is 11.1. The summed E-state index contributed by atoms with van der Waals surface area (Å²) in [5.41, 5.74) is 0.452. The van der Waals surface area contributed by atoms with Crippen LogP contribution in [0.3, 0.4) is 0 Å². The van der Waals surface area contributed by atoms with Crippen LogP contribution in [0.1, 0.15) is 20.8 Å². The van der Waals surface area contributed by atoms with E-state index in [0.29, 0.717) is 11.1 Å². The number of hydrogen-bond acceptors (Lipinski definition) is 4. The molecular formula is C11H13NO3S. The van der Waals surface area contributed by atoms with Gasteiger partial charge in [0.2, 0.25) is 5.71 Å². The van der Waals surface area contributed by atoms with Crippen LogP contribution < -0.4 is 0 Å². The van der Waals surface area contributed by atoms with Gasteiger partial charge in [0, 0.05) is 11.6 Å². The van der Waals surface area contributed by atoms with Crippen molar-refractivity contribution in [3.05, 3.63) is 24.6 Å². The molecule has 0 aromatic carbocycles. The number of fused-ring (bicyclic) bond motifs is 1. The summed E-state index contributed by atoms with van der Waals surface area (Å²) in [6.45, 7) is 5.01. The highest BCUT2D eigenvalue weighted by Crippen LogP contribution is 2.26. The highest BCUT2D eigenvalue weighted by Gasteiger charge is 2.31. The van der Waals surface area contributed by atoms with Gasteiger partial charge in [0.25, 0.3) is 0 Å². The molecule has 0 aliphatic heterocycles. The zero-order valence-electron chi connectivity index (χ0n) is 9.39. The van der Waals surface area contributed by atoms with Gasteiger partial charge < -0.3 is 4.42 Å². The molecule has 2 aromatic heterocycles. The highest BCUT2D eigenvalue weighted by atomic mass is 32.2. The molecule has 0 atom stereocenters. The van der Waals surface area contributed by atoms with Crippen molar-refractivity contribution in [3.63, 3.8) is 0 Å². The minimum atomic E-state index is -3.35. The maximum absolute atomic E-state index is 12.1. The van der Waals surface area contributed by atoms with Gasteiger partial charge in [-0.1, -0.05) is 0 Å². The molecule has 0 aliphatic rings. The molecule has 0 aliphatic carbocycles. The van der Waals surface area contributed by atoms with E-state index in [-0.39, 0.29) is 4.90 Å². The van der Waals surface area contributed by atoms with Crippen molar-refractivity contribution < 1.29 is 12.8 Å². The molecule has 0 saturated heterocycles. The van der Waals surface area contributed by atoms with Crippen molar-refractivity contribution in [3.8, 4) is 0 Å². The summed E-state index contributed by atoms with van der Waals surface area (Å²) in [6, 6.07) is 3.29. The van der Waals surface area contributed by atoms with Crippen LogP contribution in [0.5, 0.6) is 0 Å². The van der Waals surface area contributed by atoms with E-state index in [4.69, 9.17) is 4.42 Å². The Balaban J connectivity index is 2.64. The molecule has 2 heterocycles. The number of sulfone groups is 1. The van der Waals surface area contributed by atoms with Gasteiger partial charge in [-0.15, -0.1) is 0 Å². The van der Waals surface area contributed by atoms with Crippen LogP contribution in [0.4, 0.5) is 0 Å². The highest BCUT2D eigenvalue weighted by molar-refractivity contribution is 7.92. The zero-order chi connectivity index (χ0) is 12.0. The van der Waals surface area contributed by atoms with Crippen LogP contribution >= 0.6 is 0 Å². The Kier molecular flexibility index (Phi) is 2.31. The Morgan fingerprint density at radius 2 is 2.00 bits per heavy atom. The van der Waals surface area contributed by atoms with Crippen molar-refractivity contribution in [1.29, 1.82) is 0 Å². The van der Waals surface area contributed by atoms with Crippen LogP contribution in [-0.2, 0) is 9.84 Å². The van der Waals surface area contributed by atoms with E-state index in [9.17, 15) is 8.42 Å². The number of furan rings is 1. The third-order valence-corrected chi connectivity index (χ3v) is 4.85. The predicted octanol–water partition coefficient (Wildman–Crippen LogP) is 2.40. The molecule has 0 fully saturated rings. The quantitative estimate of drug-likeness (QED) is 0.766. The summed E-state index contributed by atoms with van der Waals surface area (Å²) in [5.74, 6) is 0. The maximum atomic E-state index is 12.1. The van der Waals surface area contributed by atoms with E-state index in [1.807, 2.05) is 0 Å². The minimum absolute atomic E-state index is 0.230. The fourth-order valence-corrected chi connectivity index (χ4v) is 2.52. The van der Waals surface area contributed by atoms with Crippen molar-refractivity contribution >= 4 is 20.9 Å².